The van der Waals surface area contributed by atoms with Crippen molar-refractivity contribution in [3.63, 3.8) is 0 Å². The molecule has 5 amide bonds. The number of allylic oxidation sites excluding steroid dienone is 5. The van der Waals surface area contributed by atoms with Gasteiger partial charge in [-0.25, -0.2) is 34.2 Å². The zero-order valence-corrected chi connectivity index (χ0v) is 78.3. The van der Waals surface area contributed by atoms with E-state index in [1.54, 1.807) is 53.6 Å². The second-order valence-corrected chi connectivity index (χ2v) is 36.9. The summed E-state index contributed by atoms with van der Waals surface area (Å²) in [6, 6.07) is 10.7. The number of benzene rings is 2. The number of Topliss-reactive ketones (excluding diaryl/α,β-unsaturated/α-hetero) is 2. The molecule has 6 aromatic rings. The van der Waals surface area contributed by atoms with E-state index in [2.05, 4.69) is 47.3 Å². The number of oxazole rings is 1. The van der Waals surface area contributed by atoms with Crippen molar-refractivity contribution < 1.29 is 90.9 Å². The predicted molar refractivity (Wildman–Crippen MR) is 492 cm³/mol. The van der Waals surface area contributed by atoms with Gasteiger partial charge in [-0.2, -0.15) is 10.1 Å². The van der Waals surface area contributed by atoms with Gasteiger partial charge < -0.3 is 93.8 Å². The Labute approximate surface area is 772 Å². The third-order valence-electron chi connectivity index (χ3n) is 27.7. The molecule has 35 nitrogen and oxygen atoms in total. The number of alkyl carbamates (subject to hydrolysis) is 1. The number of esters is 1. The molecule has 1 saturated carbocycles. The Morgan fingerprint density at radius 2 is 1.44 bits per heavy atom. The lowest BCUT2D eigenvalue weighted by molar-refractivity contribution is -0.265. The van der Waals surface area contributed by atoms with E-state index in [0.717, 1.165) is 27.8 Å². The molecule has 16 atom stereocenters. The van der Waals surface area contributed by atoms with Crippen LogP contribution in [-0.4, -0.2) is 291 Å². The number of rotatable bonds is 23. The van der Waals surface area contributed by atoms with Crippen molar-refractivity contribution in [1.29, 1.82) is 0 Å². The van der Waals surface area contributed by atoms with Gasteiger partial charge in [0.25, 0.3) is 17.7 Å². The van der Waals surface area contributed by atoms with Crippen molar-refractivity contribution in [3.8, 4) is 11.3 Å². The number of carbonyl (C=O) groups is 8. The highest BCUT2D eigenvalue weighted by Crippen LogP contribution is 2.41. The molecule has 10 heterocycles. The number of cyclic esters (lactones) is 1. The first-order valence-electron chi connectivity index (χ1n) is 46.9. The minimum atomic E-state index is -2.47. The first-order chi connectivity index (χ1) is 63.5. The molecule has 0 radical (unpaired) electrons. The van der Waals surface area contributed by atoms with E-state index < -0.39 is 102 Å². The highest BCUT2D eigenvalue weighted by atomic mass is 16.6. The number of aromatic nitrogens is 7. The number of hydrogen-bond acceptors (Lipinski definition) is 29. The minimum absolute atomic E-state index is 0.00142. The number of nitrogen functional groups attached to an aromatic ring is 2. The Hall–Kier alpha value is -10.5. The van der Waals surface area contributed by atoms with Gasteiger partial charge >= 0.3 is 12.1 Å². The molecular formula is C97H134N16O19. The maximum atomic E-state index is 15.0. The van der Waals surface area contributed by atoms with E-state index in [0.29, 0.717) is 207 Å². The summed E-state index contributed by atoms with van der Waals surface area (Å²) in [4.78, 5) is 146. The van der Waals surface area contributed by atoms with Crippen LogP contribution in [0.15, 0.2) is 107 Å². The van der Waals surface area contributed by atoms with Crippen molar-refractivity contribution in [2.75, 3.05) is 130 Å². The molecule has 6 aliphatic heterocycles. The van der Waals surface area contributed by atoms with Gasteiger partial charge in [-0.05, 0) is 148 Å². The minimum Gasteiger partial charge on any atom is -0.460 e. The average molecular weight is 1830 g/mol. The number of aliphatic hydroxyl groups excluding tert-OH is 1. The molecule has 13 rings (SSSR count). The highest BCUT2D eigenvalue weighted by Gasteiger charge is 2.54. The van der Waals surface area contributed by atoms with Gasteiger partial charge in [0.2, 0.25) is 29.5 Å². The maximum Gasteiger partial charge on any atom is 0.407 e. The number of nitrogens with one attached hydrogen (secondary N) is 1. The standard InChI is InChI=1S/C97H134N16O19/c1-59-17-13-12-14-18-60(2)77(124-8)51-72-25-20-65(7)97(123,132-72)89(119)92(120)112-32-16-15-19-74(112)93(121)129-79(52-78(125-9)61(3)46-64(6)87(118)88(127-11)86(117)63(5)45-59)62(4)47-66-22-26-76(80(49-66)126-10)131-96(122)102-55-68-53-100-95(101-54-68)110-40-38-109(39-41-110)83(116)31-43-128-44-42-107-34-36-108(37-35-107)81(114)28-29-82(115)111-33-30-69-48-67(21-23-71(69)57-111)56-113-91-84(90(98)103-58-104-91)85(106-113)70-24-27-75-73(50-70)105-94(99)130-75/h12-14,17-18,21,23-24,27,46,48,50,53-54,58-59,61-63,65-66,72,74,76-80,87-88,118,123H,15-16,19-20,22,25-26,28-45,47,49,51-52,55-57H2,1-11H3,(H2,99,105)(H,102,122)(H2,98,103,104)/b14-12+,17-13+,60-18+,64-46+/t59-,61-,62-,63-,65-,66+,72+,74+,76-,77+,78-,79+,80-,87-,88+,97-/m1/s1. The van der Waals surface area contributed by atoms with Gasteiger partial charge in [0.05, 0.1) is 56.0 Å². The fourth-order valence-electron chi connectivity index (χ4n) is 19.7. The van der Waals surface area contributed by atoms with Crippen molar-refractivity contribution in [2.45, 2.75) is 231 Å². The zero-order chi connectivity index (χ0) is 94.0. The lowest BCUT2D eigenvalue weighted by Gasteiger charge is -2.43. The smallest absolute Gasteiger partial charge is 0.407 e. The topological polar surface area (TPSA) is 430 Å². The largest absolute Gasteiger partial charge is 0.460 e. The van der Waals surface area contributed by atoms with Gasteiger partial charge in [0.15, 0.2) is 17.0 Å². The van der Waals surface area contributed by atoms with E-state index in [1.807, 2.05) is 114 Å². The van der Waals surface area contributed by atoms with Crippen molar-refractivity contribution >= 4 is 87.2 Å². The summed E-state index contributed by atoms with van der Waals surface area (Å²) < 4.78 is 56.1. The van der Waals surface area contributed by atoms with Crippen LogP contribution in [0.4, 0.5) is 22.6 Å². The zero-order valence-electron chi connectivity index (χ0n) is 78.3. The Morgan fingerprint density at radius 1 is 0.705 bits per heavy atom. The number of hydrogen-bond donors (Lipinski definition) is 5. The number of anilines is 3. The summed E-state index contributed by atoms with van der Waals surface area (Å²) in [6.45, 7) is 20.6. The number of nitrogens with two attached hydrogens (primary N) is 2. The van der Waals surface area contributed by atoms with Gasteiger partial charge in [0.1, 0.15) is 53.8 Å². The van der Waals surface area contributed by atoms with Crippen LogP contribution in [0.3, 0.4) is 0 Å². The number of carbonyl (C=O) groups excluding carboxylic acids is 8. The number of piperidine rings is 1. The summed E-state index contributed by atoms with van der Waals surface area (Å²) in [5.74, 6) is -6.73. The molecule has 2 aromatic carbocycles. The lowest BCUT2D eigenvalue weighted by atomic mass is 9.78. The Morgan fingerprint density at radius 3 is 2.17 bits per heavy atom. The molecule has 4 aromatic heterocycles. The number of ketones is 2. The van der Waals surface area contributed by atoms with E-state index in [9.17, 15) is 48.6 Å². The summed E-state index contributed by atoms with van der Waals surface area (Å²) >= 11 is 0. The van der Waals surface area contributed by atoms with E-state index >= 15 is 0 Å². The molecule has 716 valence electrons. The summed E-state index contributed by atoms with van der Waals surface area (Å²) in [5.41, 5.74) is 20.6. The first kappa shape index (κ1) is 99.0. The number of piperazine rings is 2. The number of fused-ring (bicyclic) bond motifs is 6. The van der Waals surface area contributed by atoms with Gasteiger partial charge in [-0.15, -0.1) is 0 Å². The van der Waals surface area contributed by atoms with E-state index in [-0.39, 0.29) is 99.1 Å². The number of amides is 5. The van der Waals surface area contributed by atoms with Crippen LogP contribution < -0.4 is 21.7 Å². The molecule has 1 aliphatic carbocycles. The maximum absolute atomic E-state index is 15.0. The van der Waals surface area contributed by atoms with Crippen LogP contribution in [0.25, 0.3) is 33.4 Å². The number of aliphatic hydroxyl groups is 2. The predicted octanol–water partition coefficient (Wildman–Crippen LogP) is 9.08. The van der Waals surface area contributed by atoms with Crippen LogP contribution in [0, 0.1) is 35.5 Å². The fraction of sp³-hybridized carbons (Fsp3) is 0.608. The monoisotopic (exact) mass is 1830 g/mol. The third-order valence-corrected chi connectivity index (χ3v) is 27.7. The van der Waals surface area contributed by atoms with Crippen LogP contribution in [-0.2, 0) is 97.5 Å². The van der Waals surface area contributed by atoms with E-state index in [1.165, 1.54) is 18.3 Å². The van der Waals surface area contributed by atoms with Crippen LogP contribution in [0.5, 0.6) is 0 Å². The molecule has 7 aliphatic rings. The Balaban J connectivity index is 0.525. The quantitative estimate of drug-likeness (QED) is 0.0173. The summed E-state index contributed by atoms with van der Waals surface area (Å²) in [7, 11) is 6.14. The SMILES string of the molecule is CO[C@H]1C[C@@H]2CC[C@@H](C)[C@@](O)(O2)C(=O)C(=O)N2CCCC[C@H]2C(=O)O[C@H]([C@H](C)C[C@@H]2CC[C@@H](OC(=O)NCc3cnc(N4CCN(C(=O)CCOCCN5CCN(C(=O)CCC(=O)N6CCc7cc(Cn8nc(-c9ccc%10oc(N)nc%10c9)c9c(N)ncnc98)ccc7C6)CC5)CC4)nc3)[C@H](OC)C2)C[C@@H](OC)[C@H](C)/C=C(\C)[C@@H](O)[C@@H](OC)C(=O)[C@H](C)C[C@H](C)/C=C/C=C/C=C/1C. The van der Waals surface area contributed by atoms with Crippen molar-refractivity contribution in [3.05, 3.63) is 125 Å². The molecule has 5 fully saturated rings. The summed E-state index contributed by atoms with van der Waals surface area (Å²) in [5, 5.41) is 32.5. The molecule has 0 spiro atoms. The van der Waals surface area contributed by atoms with Crippen molar-refractivity contribution in [2.24, 2.45) is 35.5 Å². The molecule has 4 saturated heterocycles. The Bertz CT molecular complexity index is 5120. The molecule has 132 heavy (non-hydrogen) atoms. The average Bonchev–Trinajstić information content (AvgIpc) is 1.60. The van der Waals surface area contributed by atoms with E-state index in [4.69, 9.17) is 58.9 Å². The molecular weight excluding hydrogens is 1690 g/mol. The van der Waals surface area contributed by atoms with Crippen LogP contribution in [0.1, 0.15) is 167 Å². The van der Waals surface area contributed by atoms with Gasteiger partial charge in [-0.1, -0.05) is 89.3 Å². The molecule has 0 unspecified atom stereocenters. The van der Waals surface area contributed by atoms with Gasteiger partial charge in [0, 0.05) is 180 Å². The first-order valence-corrected chi connectivity index (χ1v) is 46.9. The number of ether oxygens (including phenoxy) is 8. The van der Waals surface area contributed by atoms with Crippen LogP contribution in [0.2, 0.25) is 0 Å². The Kier molecular flexibility index (Phi) is 34.5. The number of nitrogens with zero attached hydrogens (tertiary/aromatic N) is 13. The van der Waals surface area contributed by atoms with Gasteiger partial charge in [-0.3, -0.25) is 33.7 Å². The lowest BCUT2D eigenvalue weighted by Crippen LogP contribution is -2.61. The molecule has 2 bridgehead atoms. The fourth-order valence-corrected chi connectivity index (χ4v) is 19.7. The summed E-state index contributed by atoms with van der Waals surface area (Å²) in [6.07, 6.45) is 16.1. The normalized spacial score (nSPS) is 28.5. The molecule has 7 N–H and O–H groups in total. The molecule has 35 heteroatoms. The second kappa shape index (κ2) is 46.0. The highest BCUT2D eigenvalue weighted by molar-refractivity contribution is 6.39. The third kappa shape index (κ3) is 24.7. The number of methoxy groups -OCH3 is 4. The van der Waals surface area contributed by atoms with Crippen molar-refractivity contribution in [1.82, 2.24) is 64.5 Å². The van der Waals surface area contributed by atoms with Crippen LogP contribution >= 0.6 is 0 Å². The second-order valence-electron chi connectivity index (χ2n) is 36.9.